The van der Waals surface area contributed by atoms with Gasteiger partial charge in [0.15, 0.2) is 0 Å². The van der Waals surface area contributed by atoms with Crippen molar-refractivity contribution < 1.29 is 4.79 Å². The molecule has 1 aliphatic rings. The summed E-state index contributed by atoms with van der Waals surface area (Å²) in [6.45, 7) is 1.59. The summed E-state index contributed by atoms with van der Waals surface area (Å²) in [4.78, 5) is 14.6. The Labute approximate surface area is 142 Å². The van der Waals surface area contributed by atoms with E-state index in [4.69, 9.17) is 17.3 Å². The standard InChI is InChI=1S/C17H25ClN2OS/c18-15-8-6-14(7-9-15)16-13-22-12-11-20(16)17(21)5-3-1-2-4-10-19/h6-9,16H,1-5,10-13,19H2. The first kappa shape index (κ1) is 17.6. The van der Waals surface area contributed by atoms with E-state index in [0.29, 0.717) is 6.42 Å². The summed E-state index contributed by atoms with van der Waals surface area (Å²) in [5.74, 6) is 2.29. The molecule has 5 heteroatoms. The number of thioether (sulfide) groups is 1. The second-order valence-electron chi connectivity index (χ2n) is 5.68. The number of carbonyl (C=O) groups excluding carboxylic acids is 1. The van der Waals surface area contributed by atoms with E-state index < -0.39 is 0 Å². The number of hydrogen-bond acceptors (Lipinski definition) is 3. The molecule has 1 aromatic carbocycles. The normalized spacial score (nSPS) is 18.5. The summed E-state index contributed by atoms with van der Waals surface area (Å²) in [6.07, 6.45) is 4.90. The van der Waals surface area contributed by atoms with Crippen LogP contribution in [0, 0.1) is 0 Å². The second-order valence-corrected chi connectivity index (χ2v) is 7.27. The Bertz CT molecular complexity index is 466. The van der Waals surface area contributed by atoms with Gasteiger partial charge in [-0.3, -0.25) is 4.79 Å². The Morgan fingerprint density at radius 1 is 1.23 bits per heavy atom. The minimum absolute atomic E-state index is 0.188. The molecule has 22 heavy (non-hydrogen) atoms. The lowest BCUT2D eigenvalue weighted by Crippen LogP contribution is -2.40. The molecular weight excluding hydrogens is 316 g/mol. The van der Waals surface area contributed by atoms with Crippen molar-refractivity contribution in [2.45, 2.75) is 38.1 Å². The fraction of sp³-hybridized carbons (Fsp3) is 0.588. The highest BCUT2D eigenvalue weighted by atomic mass is 35.5. The van der Waals surface area contributed by atoms with Gasteiger partial charge in [-0.1, -0.05) is 36.6 Å². The van der Waals surface area contributed by atoms with Crippen LogP contribution in [0.4, 0.5) is 0 Å². The largest absolute Gasteiger partial charge is 0.334 e. The highest BCUT2D eigenvalue weighted by Crippen LogP contribution is 2.31. The quantitative estimate of drug-likeness (QED) is 0.766. The average molecular weight is 341 g/mol. The first-order chi connectivity index (χ1) is 10.7. The molecule has 2 N–H and O–H groups in total. The molecule has 1 atom stereocenters. The molecule has 122 valence electrons. The molecule has 2 rings (SSSR count). The van der Waals surface area contributed by atoms with Gasteiger partial charge < -0.3 is 10.6 Å². The molecule has 0 bridgehead atoms. The molecule has 1 fully saturated rings. The van der Waals surface area contributed by atoms with Crippen molar-refractivity contribution >= 4 is 29.3 Å². The maximum absolute atomic E-state index is 12.5. The predicted molar refractivity (Wildman–Crippen MR) is 95.4 cm³/mol. The molecule has 1 aromatic rings. The highest BCUT2D eigenvalue weighted by Gasteiger charge is 2.27. The Hall–Kier alpha value is -0.710. The number of nitrogens with two attached hydrogens (primary N) is 1. The van der Waals surface area contributed by atoms with Crippen molar-refractivity contribution in [3.63, 3.8) is 0 Å². The summed E-state index contributed by atoms with van der Waals surface area (Å²) in [7, 11) is 0. The van der Waals surface area contributed by atoms with Crippen LogP contribution < -0.4 is 5.73 Å². The van der Waals surface area contributed by atoms with Crippen LogP contribution in [0.25, 0.3) is 0 Å². The molecule has 1 unspecified atom stereocenters. The van der Waals surface area contributed by atoms with Crippen LogP contribution in [-0.2, 0) is 4.79 Å². The molecule has 1 aliphatic heterocycles. The molecule has 0 aromatic heterocycles. The van der Waals surface area contributed by atoms with Crippen molar-refractivity contribution in [3.05, 3.63) is 34.9 Å². The lowest BCUT2D eigenvalue weighted by atomic mass is 10.1. The van der Waals surface area contributed by atoms with Crippen LogP contribution in [0.3, 0.4) is 0 Å². The minimum atomic E-state index is 0.188. The Balaban J connectivity index is 1.91. The zero-order chi connectivity index (χ0) is 15.8. The molecule has 0 saturated carbocycles. The van der Waals surface area contributed by atoms with Crippen molar-refractivity contribution in [1.82, 2.24) is 4.90 Å². The van der Waals surface area contributed by atoms with E-state index in [1.165, 1.54) is 5.56 Å². The van der Waals surface area contributed by atoms with Crippen LogP contribution in [0.1, 0.15) is 43.7 Å². The maximum Gasteiger partial charge on any atom is 0.223 e. The topological polar surface area (TPSA) is 46.3 Å². The molecule has 0 aliphatic carbocycles. The predicted octanol–water partition coefficient (Wildman–Crippen LogP) is 3.87. The average Bonchev–Trinajstić information content (AvgIpc) is 2.55. The summed E-state index contributed by atoms with van der Waals surface area (Å²) in [5, 5.41) is 0.741. The van der Waals surface area contributed by atoms with Crippen LogP contribution in [0.5, 0.6) is 0 Å². The van der Waals surface area contributed by atoms with E-state index in [0.717, 1.165) is 55.3 Å². The third kappa shape index (κ3) is 5.18. The second kappa shape index (κ2) is 9.43. The smallest absolute Gasteiger partial charge is 0.223 e. The number of rotatable bonds is 7. The lowest BCUT2D eigenvalue weighted by Gasteiger charge is -2.36. The zero-order valence-electron chi connectivity index (χ0n) is 13.0. The van der Waals surface area contributed by atoms with E-state index in [1.807, 2.05) is 36.0 Å². The molecule has 1 saturated heterocycles. The highest BCUT2D eigenvalue weighted by molar-refractivity contribution is 7.99. The van der Waals surface area contributed by atoms with Gasteiger partial charge in [-0.15, -0.1) is 0 Å². The van der Waals surface area contributed by atoms with Gasteiger partial charge in [0, 0.05) is 29.5 Å². The fourth-order valence-corrected chi connectivity index (χ4v) is 4.00. The number of carbonyl (C=O) groups is 1. The first-order valence-electron chi connectivity index (χ1n) is 8.05. The Morgan fingerprint density at radius 2 is 1.95 bits per heavy atom. The lowest BCUT2D eigenvalue weighted by molar-refractivity contribution is -0.133. The van der Waals surface area contributed by atoms with Crippen molar-refractivity contribution in [1.29, 1.82) is 0 Å². The van der Waals surface area contributed by atoms with Crippen LogP contribution in [-0.4, -0.2) is 35.4 Å². The number of hydrogen-bond donors (Lipinski definition) is 1. The van der Waals surface area contributed by atoms with Gasteiger partial charge in [0.05, 0.1) is 6.04 Å². The minimum Gasteiger partial charge on any atom is -0.334 e. The molecule has 0 spiro atoms. The summed E-state index contributed by atoms with van der Waals surface area (Å²) < 4.78 is 0. The van der Waals surface area contributed by atoms with Crippen LogP contribution in [0.2, 0.25) is 5.02 Å². The number of benzene rings is 1. The number of nitrogens with zero attached hydrogens (tertiary/aromatic N) is 1. The third-order valence-electron chi connectivity index (χ3n) is 4.05. The number of amides is 1. The molecule has 3 nitrogen and oxygen atoms in total. The van der Waals surface area contributed by atoms with Gasteiger partial charge >= 0.3 is 0 Å². The molecule has 1 heterocycles. The fourth-order valence-electron chi connectivity index (χ4n) is 2.78. The summed E-state index contributed by atoms with van der Waals surface area (Å²) >= 11 is 7.88. The van der Waals surface area contributed by atoms with Gasteiger partial charge in [0.2, 0.25) is 5.91 Å². The van der Waals surface area contributed by atoms with Gasteiger partial charge in [-0.25, -0.2) is 0 Å². The van der Waals surface area contributed by atoms with Gasteiger partial charge in [-0.05, 0) is 37.1 Å². The zero-order valence-corrected chi connectivity index (χ0v) is 14.5. The summed E-state index contributed by atoms with van der Waals surface area (Å²) in [5.41, 5.74) is 6.68. The van der Waals surface area contributed by atoms with Crippen LogP contribution in [0.15, 0.2) is 24.3 Å². The third-order valence-corrected chi connectivity index (χ3v) is 5.32. The van der Waals surface area contributed by atoms with Crippen molar-refractivity contribution in [2.75, 3.05) is 24.6 Å². The van der Waals surface area contributed by atoms with Gasteiger partial charge in [0.25, 0.3) is 0 Å². The van der Waals surface area contributed by atoms with E-state index in [1.54, 1.807) is 0 Å². The van der Waals surface area contributed by atoms with E-state index in [-0.39, 0.29) is 11.9 Å². The Kier molecular flexibility index (Phi) is 7.56. The van der Waals surface area contributed by atoms with E-state index in [9.17, 15) is 4.79 Å². The van der Waals surface area contributed by atoms with Gasteiger partial charge in [-0.2, -0.15) is 11.8 Å². The first-order valence-corrected chi connectivity index (χ1v) is 9.58. The monoisotopic (exact) mass is 340 g/mol. The number of unbranched alkanes of at least 4 members (excludes halogenated alkanes) is 3. The molecule has 0 radical (unpaired) electrons. The van der Waals surface area contributed by atoms with E-state index >= 15 is 0 Å². The van der Waals surface area contributed by atoms with E-state index in [2.05, 4.69) is 4.90 Å². The maximum atomic E-state index is 12.5. The van der Waals surface area contributed by atoms with Crippen LogP contribution >= 0.6 is 23.4 Å². The molecule has 1 amide bonds. The van der Waals surface area contributed by atoms with Crippen molar-refractivity contribution in [2.24, 2.45) is 5.73 Å². The Morgan fingerprint density at radius 3 is 2.68 bits per heavy atom. The SMILES string of the molecule is NCCCCCCC(=O)N1CCSCC1c1ccc(Cl)cc1. The van der Waals surface area contributed by atoms with Crippen molar-refractivity contribution in [3.8, 4) is 0 Å². The number of halogens is 1. The summed E-state index contributed by atoms with van der Waals surface area (Å²) in [6, 6.07) is 8.09. The molecular formula is C17H25ClN2OS. The van der Waals surface area contributed by atoms with Gasteiger partial charge in [0.1, 0.15) is 0 Å².